The normalized spacial score (nSPS) is 21.4. The molecule has 0 spiro atoms. The molecule has 0 N–H and O–H groups in total. The molecule has 1 aliphatic heterocycles. The van der Waals surface area contributed by atoms with Crippen LogP contribution in [0.1, 0.15) is 27.7 Å². The van der Waals surface area contributed by atoms with Gasteiger partial charge in [-0.05, 0) is 39.8 Å². The largest absolute Gasteiger partial charge is 0.442 e. The van der Waals surface area contributed by atoms with E-state index in [1.807, 2.05) is 0 Å². The van der Waals surface area contributed by atoms with Crippen LogP contribution >= 0.6 is 0 Å². The molecule has 9 heteroatoms. The van der Waals surface area contributed by atoms with Crippen molar-refractivity contribution in [2.75, 3.05) is 0 Å². The molecule has 22 heavy (non-hydrogen) atoms. The number of hydrogen-bond donors (Lipinski definition) is 0. The fourth-order valence-electron chi connectivity index (χ4n) is 1.66. The molecule has 0 bridgehead atoms. The maximum atomic E-state index is 12.2. The summed E-state index contributed by atoms with van der Waals surface area (Å²) in [5.41, 5.74) is -1.16. The number of nitrogens with zero attached hydrogens (tertiary/aromatic N) is 2. The summed E-state index contributed by atoms with van der Waals surface area (Å²) in [6.45, 7) is 6.29. The average molecular weight is 328 g/mol. The van der Waals surface area contributed by atoms with Crippen LogP contribution in [0, 0.1) is 10.1 Å². The summed E-state index contributed by atoms with van der Waals surface area (Å²) in [4.78, 5) is 10.0. The quantitative estimate of drug-likeness (QED) is 0.608. The highest BCUT2D eigenvalue weighted by Gasteiger charge is 2.54. The Bertz CT molecular complexity index is 734. The van der Waals surface area contributed by atoms with Crippen LogP contribution in [-0.4, -0.2) is 29.8 Å². The van der Waals surface area contributed by atoms with E-state index in [2.05, 4.69) is 4.40 Å². The molecule has 0 saturated heterocycles. The van der Waals surface area contributed by atoms with Gasteiger partial charge in [0.1, 0.15) is 16.1 Å². The van der Waals surface area contributed by atoms with Gasteiger partial charge >= 0.3 is 6.08 Å². The Morgan fingerprint density at radius 1 is 1.18 bits per heavy atom. The third-order valence-corrected chi connectivity index (χ3v) is 6.06. The molecule has 1 aliphatic rings. The van der Waals surface area contributed by atoms with E-state index in [0.29, 0.717) is 0 Å². The van der Waals surface area contributed by atoms with Gasteiger partial charge in [-0.15, -0.1) is 0 Å². The van der Waals surface area contributed by atoms with E-state index in [1.54, 1.807) is 13.8 Å². The fraction of sp³-hybridized carbons (Fsp3) is 0.462. The first-order chi connectivity index (χ1) is 9.96. The van der Waals surface area contributed by atoms with Gasteiger partial charge in [0.2, 0.25) is 0 Å². The standard InChI is InChI=1S/C13H16N2O6S/c1-12(2)13(3,4)22(18,19)14-11(21-12)20-10-7-5-9(6-8-10)15(16)17/h5-8H,1-4H3. The van der Waals surface area contributed by atoms with Gasteiger partial charge in [0.05, 0.1) is 4.92 Å². The molecule has 0 aliphatic carbocycles. The molecule has 8 nitrogen and oxygen atoms in total. The number of hydrogen-bond acceptors (Lipinski definition) is 6. The summed E-state index contributed by atoms with van der Waals surface area (Å²) in [6.07, 6.45) is -0.404. The van der Waals surface area contributed by atoms with Crippen molar-refractivity contribution in [3.63, 3.8) is 0 Å². The van der Waals surface area contributed by atoms with Crippen LogP contribution < -0.4 is 4.74 Å². The van der Waals surface area contributed by atoms with Gasteiger partial charge in [-0.25, -0.2) is 8.42 Å². The van der Waals surface area contributed by atoms with Crippen LogP contribution in [0.2, 0.25) is 0 Å². The van der Waals surface area contributed by atoms with Gasteiger partial charge in [0, 0.05) is 12.1 Å². The summed E-state index contributed by atoms with van der Waals surface area (Å²) in [5.74, 6) is 0.190. The number of benzene rings is 1. The third kappa shape index (κ3) is 2.63. The monoisotopic (exact) mass is 328 g/mol. The van der Waals surface area contributed by atoms with Crippen molar-refractivity contribution in [2.24, 2.45) is 4.40 Å². The van der Waals surface area contributed by atoms with E-state index in [-0.39, 0.29) is 11.4 Å². The van der Waals surface area contributed by atoms with Gasteiger partial charge in [0.15, 0.2) is 0 Å². The third-order valence-electron chi connectivity index (χ3n) is 3.88. The lowest BCUT2D eigenvalue weighted by Crippen LogP contribution is -2.56. The Labute approximate surface area is 128 Å². The molecule has 120 valence electrons. The van der Waals surface area contributed by atoms with Crippen LogP contribution in [0.4, 0.5) is 5.69 Å². The lowest BCUT2D eigenvalue weighted by Gasteiger charge is -2.41. The maximum Gasteiger partial charge on any atom is 0.405 e. The van der Waals surface area contributed by atoms with Crippen LogP contribution in [-0.2, 0) is 14.8 Å². The SMILES string of the molecule is CC1(C)OC(Oc2ccc([N+](=O)[O-])cc2)=NS(=O)(=O)C1(C)C. The first-order valence-corrected chi connectivity index (χ1v) is 7.86. The van der Waals surface area contributed by atoms with Crippen molar-refractivity contribution in [1.82, 2.24) is 0 Å². The van der Waals surface area contributed by atoms with Gasteiger partial charge < -0.3 is 9.47 Å². The number of rotatable bonds is 2. The molecular weight excluding hydrogens is 312 g/mol. The highest BCUT2D eigenvalue weighted by atomic mass is 32.2. The molecule has 0 radical (unpaired) electrons. The van der Waals surface area contributed by atoms with Crippen molar-refractivity contribution < 1.29 is 22.8 Å². The minimum atomic E-state index is -3.83. The highest BCUT2D eigenvalue weighted by molar-refractivity contribution is 7.91. The second-order valence-corrected chi connectivity index (χ2v) is 7.96. The molecular formula is C13H16N2O6S. The van der Waals surface area contributed by atoms with Crippen molar-refractivity contribution in [2.45, 2.75) is 38.0 Å². The zero-order valence-corrected chi connectivity index (χ0v) is 13.4. The number of ether oxygens (including phenoxy) is 2. The Morgan fingerprint density at radius 3 is 2.18 bits per heavy atom. The van der Waals surface area contributed by atoms with Gasteiger partial charge in [0.25, 0.3) is 15.7 Å². The van der Waals surface area contributed by atoms with E-state index < -0.39 is 31.4 Å². The Kier molecular flexibility index (Phi) is 3.64. The predicted molar refractivity (Wildman–Crippen MR) is 79.3 cm³/mol. The van der Waals surface area contributed by atoms with Crippen LogP contribution in [0.15, 0.2) is 28.7 Å². The summed E-state index contributed by atoms with van der Waals surface area (Å²) >= 11 is 0. The minimum Gasteiger partial charge on any atom is -0.442 e. The lowest BCUT2D eigenvalue weighted by atomic mass is 9.93. The zero-order chi connectivity index (χ0) is 16.8. The van der Waals surface area contributed by atoms with Gasteiger partial charge in [-0.2, -0.15) is 0 Å². The second kappa shape index (κ2) is 4.94. The summed E-state index contributed by atoms with van der Waals surface area (Å²) in [7, 11) is -3.83. The molecule has 0 saturated carbocycles. The summed E-state index contributed by atoms with van der Waals surface area (Å²) < 4.78 is 37.6. The lowest BCUT2D eigenvalue weighted by molar-refractivity contribution is -0.384. The smallest absolute Gasteiger partial charge is 0.405 e. The summed E-state index contributed by atoms with van der Waals surface area (Å²) in [6, 6.07) is 5.15. The van der Waals surface area contributed by atoms with Gasteiger partial charge in [-0.3, -0.25) is 10.1 Å². The van der Waals surface area contributed by atoms with Gasteiger partial charge in [-0.1, -0.05) is 4.40 Å². The van der Waals surface area contributed by atoms with Crippen LogP contribution in [0.25, 0.3) is 0 Å². The second-order valence-electron chi connectivity index (χ2n) is 5.81. The number of nitro groups is 1. The van der Waals surface area contributed by atoms with Crippen molar-refractivity contribution in [3.8, 4) is 5.75 Å². The average Bonchev–Trinajstić information content (AvgIpc) is 2.36. The molecule has 0 unspecified atom stereocenters. The van der Waals surface area contributed by atoms with Crippen molar-refractivity contribution in [1.29, 1.82) is 0 Å². The summed E-state index contributed by atoms with van der Waals surface area (Å²) in [5, 5.41) is 10.6. The predicted octanol–water partition coefficient (Wildman–Crippen LogP) is 2.25. The Balaban J connectivity index is 2.31. The Morgan fingerprint density at radius 2 is 1.73 bits per heavy atom. The molecule has 2 rings (SSSR count). The van der Waals surface area contributed by atoms with Crippen LogP contribution in [0.5, 0.6) is 5.75 Å². The number of sulfonamides is 1. The highest BCUT2D eigenvalue weighted by Crippen LogP contribution is 2.38. The molecule has 0 fully saturated rings. The molecule has 1 heterocycles. The van der Waals surface area contributed by atoms with Crippen molar-refractivity contribution in [3.05, 3.63) is 34.4 Å². The topological polar surface area (TPSA) is 108 Å². The van der Waals surface area contributed by atoms with E-state index in [9.17, 15) is 18.5 Å². The van der Waals surface area contributed by atoms with E-state index >= 15 is 0 Å². The Hall–Kier alpha value is -2.16. The molecule has 0 atom stereocenters. The van der Waals surface area contributed by atoms with E-state index in [1.165, 1.54) is 38.1 Å². The number of nitro benzene ring substituents is 1. The van der Waals surface area contributed by atoms with Crippen molar-refractivity contribution >= 4 is 21.8 Å². The maximum absolute atomic E-state index is 12.2. The molecule has 1 aromatic carbocycles. The molecule has 0 amide bonds. The first-order valence-electron chi connectivity index (χ1n) is 6.42. The first kappa shape index (κ1) is 16.2. The number of non-ortho nitro benzene ring substituents is 1. The minimum absolute atomic E-state index is 0.104. The molecule has 0 aromatic heterocycles. The van der Waals surface area contributed by atoms with Crippen LogP contribution in [0.3, 0.4) is 0 Å². The fourth-order valence-corrected chi connectivity index (χ4v) is 2.82. The van der Waals surface area contributed by atoms with E-state index in [0.717, 1.165) is 0 Å². The molecule has 1 aromatic rings. The zero-order valence-electron chi connectivity index (χ0n) is 12.6. The van der Waals surface area contributed by atoms with E-state index in [4.69, 9.17) is 9.47 Å².